The molecule has 0 fully saturated rings. The Balaban J connectivity index is 1.58. The van der Waals surface area contributed by atoms with Crippen LogP contribution in [0.15, 0.2) is 55.2 Å². The molecule has 0 spiro atoms. The van der Waals surface area contributed by atoms with E-state index in [0.29, 0.717) is 6.61 Å². The molecule has 0 saturated carbocycles. The second-order valence-corrected chi connectivity index (χ2v) is 5.55. The fourth-order valence-corrected chi connectivity index (χ4v) is 2.46. The predicted octanol–water partition coefficient (Wildman–Crippen LogP) is 3.23. The molecule has 0 amide bonds. The number of nitrogens with one attached hydrogen (secondary N) is 1. The summed E-state index contributed by atoms with van der Waals surface area (Å²) < 4.78 is 7.95. The van der Waals surface area contributed by atoms with E-state index in [1.807, 2.05) is 31.3 Å². The predicted molar refractivity (Wildman–Crippen MR) is 93.0 cm³/mol. The summed E-state index contributed by atoms with van der Waals surface area (Å²) in [5, 5.41) is 3.35. The van der Waals surface area contributed by atoms with Crippen molar-refractivity contribution in [3.8, 4) is 5.75 Å². The molecular formula is C18H21N5O. The number of aryl methyl sites for hydroxylation is 1. The van der Waals surface area contributed by atoms with Gasteiger partial charge in [0.15, 0.2) is 0 Å². The number of anilines is 1. The van der Waals surface area contributed by atoms with E-state index in [1.165, 1.54) is 6.33 Å². The van der Waals surface area contributed by atoms with Gasteiger partial charge in [-0.05, 0) is 37.6 Å². The highest BCUT2D eigenvalue weighted by atomic mass is 16.5. The number of hydrogen-bond donors (Lipinski definition) is 1. The average Bonchev–Trinajstić information content (AvgIpc) is 3.01. The molecule has 0 radical (unpaired) electrons. The zero-order chi connectivity index (χ0) is 16.8. The van der Waals surface area contributed by atoms with E-state index >= 15 is 0 Å². The molecule has 124 valence electrons. The normalized spacial score (nSPS) is 11.9. The Bertz CT molecular complexity index is 772. The van der Waals surface area contributed by atoms with Crippen LogP contribution in [0.3, 0.4) is 0 Å². The van der Waals surface area contributed by atoms with Gasteiger partial charge in [0.1, 0.15) is 30.3 Å². The minimum Gasteiger partial charge on any atom is -0.492 e. The standard InChI is InChI=1S/C18H21N5O/c1-14(22-18-6-7-19-13-21-18)16-4-3-5-17(12-16)24-11-10-23-9-8-20-15(23)2/h3-9,12-14H,10-11H2,1-2H3,(H,19,21,22). The molecular weight excluding hydrogens is 302 g/mol. The van der Waals surface area contributed by atoms with Gasteiger partial charge in [0.25, 0.3) is 0 Å². The highest BCUT2D eigenvalue weighted by Gasteiger charge is 2.07. The summed E-state index contributed by atoms with van der Waals surface area (Å²) >= 11 is 0. The fourth-order valence-electron chi connectivity index (χ4n) is 2.46. The third-order valence-electron chi connectivity index (χ3n) is 3.83. The maximum Gasteiger partial charge on any atom is 0.129 e. The van der Waals surface area contributed by atoms with Crippen LogP contribution in [0.1, 0.15) is 24.4 Å². The Morgan fingerprint density at radius 3 is 2.88 bits per heavy atom. The van der Waals surface area contributed by atoms with Crippen LogP contribution in [0.2, 0.25) is 0 Å². The van der Waals surface area contributed by atoms with Crippen molar-refractivity contribution in [3.63, 3.8) is 0 Å². The van der Waals surface area contributed by atoms with Crippen LogP contribution >= 0.6 is 0 Å². The Kier molecular flexibility index (Phi) is 5.05. The van der Waals surface area contributed by atoms with Crippen LogP contribution in [0, 0.1) is 6.92 Å². The summed E-state index contributed by atoms with van der Waals surface area (Å²) in [6, 6.07) is 10.1. The first-order valence-electron chi connectivity index (χ1n) is 7.95. The first-order chi connectivity index (χ1) is 11.7. The summed E-state index contributed by atoms with van der Waals surface area (Å²) in [4.78, 5) is 12.3. The first-order valence-corrected chi connectivity index (χ1v) is 7.95. The van der Waals surface area contributed by atoms with Gasteiger partial charge in [0.2, 0.25) is 0 Å². The molecule has 1 unspecified atom stereocenters. The number of hydrogen-bond acceptors (Lipinski definition) is 5. The molecule has 0 saturated heterocycles. The Morgan fingerprint density at radius 2 is 2.12 bits per heavy atom. The molecule has 0 aliphatic rings. The lowest BCUT2D eigenvalue weighted by molar-refractivity contribution is 0.296. The number of nitrogens with zero attached hydrogens (tertiary/aromatic N) is 4. The van der Waals surface area contributed by atoms with Gasteiger partial charge in [0.05, 0.1) is 12.6 Å². The van der Waals surface area contributed by atoms with Crippen LogP contribution < -0.4 is 10.1 Å². The van der Waals surface area contributed by atoms with Gasteiger partial charge in [-0.3, -0.25) is 0 Å². The highest BCUT2D eigenvalue weighted by molar-refractivity contribution is 5.38. The number of imidazole rings is 1. The van der Waals surface area contributed by atoms with E-state index in [9.17, 15) is 0 Å². The van der Waals surface area contributed by atoms with Crippen molar-refractivity contribution >= 4 is 5.82 Å². The molecule has 6 heteroatoms. The maximum absolute atomic E-state index is 5.87. The van der Waals surface area contributed by atoms with Crippen molar-refractivity contribution in [2.45, 2.75) is 26.4 Å². The summed E-state index contributed by atoms with van der Waals surface area (Å²) in [6.07, 6.45) is 7.02. The lowest BCUT2D eigenvalue weighted by atomic mass is 10.1. The molecule has 0 aliphatic carbocycles. The molecule has 3 rings (SSSR count). The SMILES string of the molecule is Cc1nccn1CCOc1cccc(C(C)Nc2ccncn2)c1. The van der Waals surface area contributed by atoms with Gasteiger partial charge >= 0.3 is 0 Å². The van der Waals surface area contributed by atoms with Crippen LogP contribution in [-0.4, -0.2) is 26.1 Å². The quantitative estimate of drug-likeness (QED) is 0.723. The highest BCUT2D eigenvalue weighted by Crippen LogP contribution is 2.22. The summed E-state index contributed by atoms with van der Waals surface area (Å²) in [7, 11) is 0. The molecule has 2 heterocycles. The monoisotopic (exact) mass is 323 g/mol. The van der Waals surface area contributed by atoms with Gasteiger partial charge in [-0.1, -0.05) is 12.1 Å². The lowest BCUT2D eigenvalue weighted by Gasteiger charge is -2.16. The zero-order valence-electron chi connectivity index (χ0n) is 13.9. The Hall–Kier alpha value is -2.89. The van der Waals surface area contributed by atoms with Crippen LogP contribution in [0.5, 0.6) is 5.75 Å². The molecule has 3 aromatic rings. The molecule has 1 N–H and O–H groups in total. The van der Waals surface area contributed by atoms with E-state index in [-0.39, 0.29) is 6.04 Å². The van der Waals surface area contributed by atoms with Crippen molar-refractivity contribution in [2.75, 3.05) is 11.9 Å². The first kappa shape index (κ1) is 16.0. The van der Waals surface area contributed by atoms with E-state index in [1.54, 1.807) is 12.4 Å². The summed E-state index contributed by atoms with van der Waals surface area (Å²) in [5.74, 6) is 2.66. The molecule has 0 aliphatic heterocycles. The van der Waals surface area contributed by atoms with Crippen LogP contribution in [0.25, 0.3) is 0 Å². The number of benzene rings is 1. The van der Waals surface area contributed by atoms with Crippen molar-refractivity contribution in [3.05, 3.63) is 66.6 Å². The summed E-state index contributed by atoms with van der Waals surface area (Å²) in [5.41, 5.74) is 1.14. The van der Waals surface area contributed by atoms with Crippen molar-refractivity contribution in [1.82, 2.24) is 19.5 Å². The topological polar surface area (TPSA) is 64.9 Å². The summed E-state index contributed by atoms with van der Waals surface area (Å²) in [6.45, 7) is 5.47. The van der Waals surface area contributed by atoms with Crippen molar-refractivity contribution in [2.24, 2.45) is 0 Å². The minimum absolute atomic E-state index is 0.124. The molecule has 1 aromatic carbocycles. The molecule has 2 aromatic heterocycles. The van der Waals surface area contributed by atoms with Crippen molar-refractivity contribution in [1.29, 1.82) is 0 Å². The number of ether oxygens (including phenoxy) is 1. The third-order valence-corrected chi connectivity index (χ3v) is 3.83. The van der Waals surface area contributed by atoms with Gasteiger partial charge in [-0.15, -0.1) is 0 Å². The van der Waals surface area contributed by atoms with Crippen LogP contribution in [0.4, 0.5) is 5.82 Å². The van der Waals surface area contributed by atoms with Crippen molar-refractivity contribution < 1.29 is 4.74 Å². The maximum atomic E-state index is 5.87. The van der Waals surface area contributed by atoms with Gasteiger partial charge < -0.3 is 14.6 Å². The van der Waals surface area contributed by atoms with E-state index in [4.69, 9.17) is 4.74 Å². The molecule has 6 nitrogen and oxygen atoms in total. The largest absolute Gasteiger partial charge is 0.492 e. The third kappa shape index (κ3) is 4.10. The smallest absolute Gasteiger partial charge is 0.129 e. The zero-order valence-corrected chi connectivity index (χ0v) is 13.9. The van der Waals surface area contributed by atoms with Crippen LogP contribution in [-0.2, 0) is 6.54 Å². The lowest BCUT2D eigenvalue weighted by Crippen LogP contribution is -2.10. The number of aromatic nitrogens is 4. The Labute approximate surface area is 141 Å². The van der Waals surface area contributed by atoms with Gasteiger partial charge in [-0.25, -0.2) is 15.0 Å². The molecule has 0 bridgehead atoms. The van der Waals surface area contributed by atoms with E-state index < -0.39 is 0 Å². The Morgan fingerprint density at radius 1 is 1.21 bits per heavy atom. The minimum atomic E-state index is 0.124. The number of rotatable bonds is 7. The van der Waals surface area contributed by atoms with Gasteiger partial charge in [0, 0.05) is 18.6 Å². The fraction of sp³-hybridized carbons (Fsp3) is 0.278. The van der Waals surface area contributed by atoms with Gasteiger partial charge in [-0.2, -0.15) is 0 Å². The van der Waals surface area contributed by atoms with E-state index in [0.717, 1.165) is 29.5 Å². The molecule has 1 atom stereocenters. The molecule has 24 heavy (non-hydrogen) atoms. The second-order valence-electron chi connectivity index (χ2n) is 5.55. The second kappa shape index (κ2) is 7.59. The average molecular weight is 323 g/mol. The van der Waals surface area contributed by atoms with E-state index in [2.05, 4.69) is 43.9 Å².